The van der Waals surface area contributed by atoms with Crippen molar-refractivity contribution >= 4 is 22.8 Å². The number of anilines is 1. The van der Waals surface area contributed by atoms with Gasteiger partial charge >= 0.3 is 0 Å². The summed E-state index contributed by atoms with van der Waals surface area (Å²) in [6.45, 7) is 6.39. The zero-order chi connectivity index (χ0) is 19.4. The van der Waals surface area contributed by atoms with E-state index in [9.17, 15) is 4.79 Å². The fourth-order valence-electron chi connectivity index (χ4n) is 3.65. The van der Waals surface area contributed by atoms with Gasteiger partial charge in [-0.3, -0.25) is 4.79 Å². The molecule has 2 fully saturated rings. The molecule has 1 saturated heterocycles. The maximum Gasteiger partial charge on any atom is 0.246 e. The molecule has 146 valence electrons. The van der Waals surface area contributed by atoms with E-state index in [2.05, 4.69) is 44.7 Å². The lowest BCUT2D eigenvalue weighted by Crippen LogP contribution is -2.49. The number of fused-ring (bicyclic) bond motifs is 1. The highest BCUT2D eigenvalue weighted by molar-refractivity contribution is 5.91. The average Bonchev–Trinajstić information content (AvgIpc) is 3.42. The summed E-state index contributed by atoms with van der Waals surface area (Å²) >= 11 is 0. The third-order valence-corrected chi connectivity index (χ3v) is 5.20. The number of piperidine rings is 1. The lowest BCUT2D eigenvalue weighted by Gasteiger charge is -2.38. The summed E-state index contributed by atoms with van der Waals surface area (Å²) in [7, 11) is 3.25. The standard InChI is InChI=1S/C18H23N5O.C2H6O/c1-3-15(24)23-9-13(7-4-11(23)2)22-18-16-14(12-5-6-12)8-19-17(16)20-10-21-18;1-3-2/h3,8,10-13H,1,4-7,9H2,2H3,(H2,19,20,21,22);1-2H3. The molecular weight excluding hydrogens is 342 g/mol. The molecule has 1 aliphatic heterocycles. The van der Waals surface area contributed by atoms with Gasteiger partial charge in [0, 0.05) is 39.0 Å². The van der Waals surface area contributed by atoms with Crippen LogP contribution in [0.15, 0.2) is 25.2 Å². The molecule has 0 radical (unpaired) electrons. The van der Waals surface area contributed by atoms with Gasteiger partial charge in [0.1, 0.15) is 17.8 Å². The Kier molecular flexibility index (Phi) is 6.11. The number of nitrogens with one attached hydrogen (secondary N) is 2. The largest absolute Gasteiger partial charge is 0.388 e. The van der Waals surface area contributed by atoms with Crippen molar-refractivity contribution in [2.24, 2.45) is 0 Å². The van der Waals surface area contributed by atoms with Crippen molar-refractivity contribution in [2.45, 2.75) is 50.6 Å². The normalized spacial score (nSPS) is 22.1. The Morgan fingerprint density at radius 2 is 2.07 bits per heavy atom. The number of ether oxygens (including phenoxy) is 1. The second-order valence-electron chi connectivity index (χ2n) is 7.33. The summed E-state index contributed by atoms with van der Waals surface area (Å²) in [4.78, 5) is 26.0. The predicted molar refractivity (Wildman–Crippen MR) is 107 cm³/mol. The fourth-order valence-corrected chi connectivity index (χ4v) is 3.65. The Labute approximate surface area is 160 Å². The van der Waals surface area contributed by atoms with Crippen LogP contribution in [0, 0.1) is 0 Å². The van der Waals surface area contributed by atoms with Gasteiger partial charge in [0.15, 0.2) is 0 Å². The highest BCUT2D eigenvalue weighted by atomic mass is 16.4. The first kappa shape index (κ1) is 19.4. The van der Waals surface area contributed by atoms with E-state index in [1.165, 1.54) is 24.5 Å². The molecule has 0 spiro atoms. The van der Waals surface area contributed by atoms with Crippen molar-refractivity contribution < 1.29 is 9.53 Å². The molecule has 7 heteroatoms. The number of methoxy groups -OCH3 is 1. The van der Waals surface area contributed by atoms with Crippen LogP contribution in [0.2, 0.25) is 0 Å². The molecule has 7 nitrogen and oxygen atoms in total. The topological polar surface area (TPSA) is 83.1 Å². The number of rotatable bonds is 4. The van der Waals surface area contributed by atoms with Crippen LogP contribution >= 0.6 is 0 Å². The van der Waals surface area contributed by atoms with E-state index in [4.69, 9.17) is 0 Å². The van der Waals surface area contributed by atoms with Crippen LogP contribution in [-0.2, 0) is 9.53 Å². The van der Waals surface area contributed by atoms with Gasteiger partial charge in [0.25, 0.3) is 0 Å². The third kappa shape index (κ3) is 4.30. The number of nitrogens with zero attached hydrogens (tertiary/aromatic N) is 3. The van der Waals surface area contributed by atoms with Crippen LogP contribution in [0.3, 0.4) is 0 Å². The maximum absolute atomic E-state index is 12.0. The van der Waals surface area contributed by atoms with Crippen LogP contribution < -0.4 is 5.32 Å². The number of likely N-dealkylation sites (tertiary alicyclic amines) is 1. The van der Waals surface area contributed by atoms with Crippen molar-refractivity contribution in [3.8, 4) is 0 Å². The third-order valence-electron chi connectivity index (χ3n) is 5.20. The van der Waals surface area contributed by atoms with E-state index >= 15 is 0 Å². The summed E-state index contributed by atoms with van der Waals surface area (Å²) in [6, 6.07) is 0.457. The van der Waals surface area contributed by atoms with E-state index < -0.39 is 0 Å². The van der Waals surface area contributed by atoms with Gasteiger partial charge < -0.3 is 19.9 Å². The molecule has 2 aliphatic rings. The lowest BCUT2D eigenvalue weighted by atomic mass is 9.99. The second kappa shape index (κ2) is 8.52. The number of hydrogen-bond donors (Lipinski definition) is 2. The first-order valence-corrected chi connectivity index (χ1v) is 9.50. The summed E-state index contributed by atoms with van der Waals surface area (Å²) in [6.07, 6.45) is 9.55. The Bertz CT molecular complexity index is 799. The highest BCUT2D eigenvalue weighted by Gasteiger charge is 2.30. The van der Waals surface area contributed by atoms with Crippen LogP contribution in [0.4, 0.5) is 5.82 Å². The smallest absolute Gasteiger partial charge is 0.246 e. The lowest BCUT2D eigenvalue weighted by molar-refractivity contribution is -0.129. The van der Waals surface area contributed by atoms with Crippen LogP contribution in [0.5, 0.6) is 0 Å². The molecule has 4 rings (SSSR count). The van der Waals surface area contributed by atoms with E-state index in [1.54, 1.807) is 20.5 Å². The van der Waals surface area contributed by atoms with Gasteiger partial charge in [-0.15, -0.1) is 0 Å². The van der Waals surface area contributed by atoms with Gasteiger partial charge in [-0.25, -0.2) is 9.97 Å². The van der Waals surface area contributed by atoms with E-state index in [1.807, 2.05) is 4.90 Å². The maximum atomic E-state index is 12.0. The molecule has 0 bridgehead atoms. The van der Waals surface area contributed by atoms with Crippen LogP contribution in [-0.4, -0.2) is 58.6 Å². The first-order valence-electron chi connectivity index (χ1n) is 9.50. The molecule has 1 aliphatic carbocycles. The highest BCUT2D eigenvalue weighted by Crippen LogP contribution is 2.44. The molecule has 2 aromatic rings. The molecule has 0 aromatic carbocycles. The van der Waals surface area contributed by atoms with Crippen LogP contribution in [0.25, 0.3) is 11.0 Å². The van der Waals surface area contributed by atoms with Gasteiger partial charge in [0.2, 0.25) is 5.91 Å². The SMILES string of the molecule is C=CC(=O)N1CC(Nc2ncnc3[nH]cc(C4CC4)c23)CCC1C.COC. The first-order chi connectivity index (χ1) is 13.1. The number of aromatic amines is 1. The molecule has 3 heterocycles. The zero-order valence-electron chi connectivity index (χ0n) is 16.4. The summed E-state index contributed by atoms with van der Waals surface area (Å²) in [5, 5.41) is 4.67. The molecule has 2 atom stereocenters. The van der Waals surface area contributed by atoms with Crippen molar-refractivity contribution in [2.75, 3.05) is 26.1 Å². The second-order valence-corrected chi connectivity index (χ2v) is 7.33. The average molecular weight is 371 g/mol. The molecule has 2 N–H and O–H groups in total. The molecule has 27 heavy (non-hydrogen) atoms. The Balaban J connectivity index is 0.000000659. The molecule has 1 saturated carbocycles. The Hall–Kier alpha value is -2.41. The summed E-state index contributed by atoms with van der Waals surface area (Å²) in [5.74, 6) is 1.52. The number of H-pyrrole nitrogens is 1. The number of carbonyl (C=O) groups is 1. The number of hydrogen-bond acceptors (Lipinski definition) is 5. The summed E-state index contributed by atoms with van der Waals surface area (Å²) in [5.41, 5.74) is 2.20. The minimum absolute atomic E-state index is 0.00199. The van der Waals surface area contributed by atoms with E-state index in [0.29, 0.717) is 12.5 Å². The predicted octanol–water partition coefficient (Wildman–Crippen LogP) is 3.08. The van der Waals surface area contributed by atoms with Gasteiger partial charge in [-0.1, -0.05) is 6.58 Å². The van der Waals surface area contributed by atoms with Crippen molar-refractivity contribution in [1.29, 1.82) is 0 Å². The molecule has 2 unspecified atom stereocenters. The van der Waals surface area contributed by atoms with Crippen molar-refractivity contribution in [1.82, 2.24) is 19.9 Å². The Morgan fingerprint density at radius 1 is 1.33 bits per heavy atom. The summed E-state index contributed by atoms with van der Waals surface area (Å²) < 4.78 is 4.25. The van der Waals surface area contributed by atoms with E-state index in [0.717, 1.165) is 29.7 Å². The van der Waals surface area contributed by atoms with Crippen molar-refractivity contribution in [3.63, 3.8) is 0 Å². The molecule has 2 aromatic heterocycles. The van der Waals surface area contributed by atoms with E-state index in [-0.39, 0.29) is 18.0 Å². The van der Waals surface area contributed by atoms with Gasteiger partial charge in [-0.2, -0.15) is 0 Å². The monoisotopic (exact) mass is 371 g/mol. The number of aromatic nitrogens is 3. The Morgan fingerprint density at radius 3 is 2.74 bits per heavy atom. The van der Waals surface area contributed by atoms with Gasteiger partial charge in [-0.05, 0) is 50.2 Å². The van der Waals surface area contributed by atoms with Crippen molar-refractivity contribution in [3.05, 3.63) is 30.7 Å². The number of carbonyl (C=O) groups excluding carboxylic acids is 1. The zero-order valence-corrected chi connectivity index (χ0v) is 16.4. The minimum atomic E-state index is 0.00199. The molecule has 1 amide bonds. The quantitative estimate of drug-likeness (QED) is 0.807. The van der Waals surface area contributed by atoms with Crippen LogP contribution in [0.1, 0.15) is 44.1 Å². The van der Waals surface area contributed by atoms with Gasteiger partial charge in [0.05, 0.1) is 5.39 Å². The fraction of sp³-hybridized carbons (Fsp3) is 0.550. The number of amides is 1. The molecular formula is C20H29N5O2. The minimum Gasteiger partial charge on any atom is -0.388 e.